The third-order valence-electron chi connectivity index (χ3n) is 3.21. The largest absolute Gasteiger partial charge is 0.356 e. The maximum absolute atomic E-state index is 12.2. The summed E-state index contributed by atoms with van der Waals surface area (Å²) >= 11 is 3.15. The van der Waals surface area contributed by atoms with E-state index < -0.39 is 0 Å². The highest BCUT2D eigenvalue weighted by molar-refractivity contribution is 8.01. The summed E-state index contributed by atoms with van der Waals surface area (Å²) in [4.78, 5) is 28.5. The summed E-state index contributed by atoms with van der Waals surface area (Å²) < 4.78 is 2.06. The van der Waals surface area contributed by atoms with Gasteiger partial charge in [0, 0.05) is 25.3 Å². The number of thiazole rings is 1. The minimum Gasteiger partial charge on any atom is -0.356 e. The summed E-state index contributed by atoms with van der Waals surface area (Å²) in [5.41, 5.74) is 0.971. The van der Waals surface area contributed by atoms with Crippen molar-refractivity contribution in [1.29, 1.82) is 0 Å². The minimum atomic E-state index is -0.349. The van der Waals surface area contributed by atoms with Crippen molar-refractivity contribution in [3.63, 3.8) is 0 Å². The molecule has 0 aliphatic carbocycles. The van der Waals surface area contributed by atoms with Crippen molar-refractivity contribution in [3.05, 3.63) is 24.3 Å². The number of benzene rings is 1. The van der Waals surface area contributed by atoms with Crippen LogP contribution < -0.4 is 10.6 Å². The molecule has 1 atom stereocenters. The number of aromatic nitrogens is 1. The first-order chi connectivity index (χ1) is 11.1. The van der Waals surface area contributed by atoms with E-state index in [1.54, 1.807) is 11.3 Å². The van der Waals surface area contributed by atoms with Crippen LogP contribution in [-0.2, 0) is 9.59 Å². The normalized spacial score (nSPS) is 12.1. The average Bonchev–Trinajstić information content (AvgIpc) is 2.94. The van der Waals surface area contributed by atoms with Crippen molar-refractivity contribution in [2.75, 3.05) is 18.8 Å². The second-order valence-electron chi connectivity index (χ2n) is 5.01. The van der Waals surface area contributed by atoms with E-state index in [1.165, 1.54) is 11.8 Å². The Morgan fingerprint density at radius 3 is 2.65 bits per heavy atom. The molecule has 23 heavy (non-hydrogen) atoms. The quantitative estimate of drug-likeness (QED) is 0.717. The second-order valence-corrected chi connectivity index (χ2v) is 7.31. The maximum Gasteiger partial charge on any atom is 0.224 e. The number of amides is 2. The Hall–Kier alpha value is -1.60. The molecule has 1 aromatic carbocycles. The molecule has 1 aromatic heterocycles. The lowest BCUT2D eigenvalue weighted by Gasteiger charge is -2.14. The molecule has 0 spiro atoms. The van der Waals surface area contributed by atoms with Gasteiger partial charge < -0.3 is 10.6 Å². The Morgan fingerprint density at radius 1 is 1.22 bits per heavy atom. The van der Waals surface area contributed by atoms with Gasteiger partial charge in [0.05, 0.1) is 16.1 Å². The Morgan fingerprint density at radius 2 is 1.96 bits per heavy atom. The molecule has 2 aromatic rings. The highest BCUT2D eigenvalue weighted by atomic mass is 32.2. The zero-order valence-corrected chi connectivity index (χ0v) is 14.9. The summed E-state index contributed by atoms with van der Waals surface area (Å²) in [6, 6.07) is 7.96. The zero-order valence-electron chi connectivity index (χ0n) is 13.3. The van der Waals surface area contributed by atoms with Gasteiger partial charge in [0.1, 0.15) is 0 Å². The van der Waals surface area contributed by atoms with Gasteiger partial charge in [-0.3, -0.25) is 9.59 Å². The van der Waals surface area contributed by atoms with Gasteiger partial charge in [0.15, 0.2) is 4.34 Å². The van der Waals surface area contributed by atoms with Crippen LogP contribution >= 0.6 is 23.1 Å². The van der Waals surface area contributed by atoms with Gasteiger partial charge in [-0.1, -0.05) is 23.9 Å². The third kappa shape index (κ3) is 5.21. The standard InChI is InChI=1S/C16H21N3O2S2/c1-3-17-14(20)9-11(15(21)18-4-2)10-22-16-19-12-7-5-6-8-13(12)23-16/h5-8,11H,3-4,9-10H2,1-2H3,(H,17,20)(H,18,21). The van der Waals surface area contributed by atoms with Crippen LogP contribution in [0.15, 0.2) is 28.6 Å². The fraction of sp³-hybridized carbons (Fsp3) is 0.438. The van der Waals surface area contributed by atoms with E-state index in [0.29, 0.717) is 18.8 Å². The van der Waals surface area contributed by atoms with Crippen molar-refractivity contribution in [1.82, 2.24) is 15.6 Å². The van der Waals surface area contributed by atoms with Crippen LogP contribution in [0.5, 0.6) is 0 Å². The van der Waals surface area contributed by atoms with Crippen molar-refractivity contribution < 1.29 is 9.59 Å². The molecule has 0 saturated heterocycles. The molecule has 0 aliphatic rings. The first-order valence-electron chi connectivity index (χ1n) is 7.66. The van der Waals surface area contributed by atoms with Gasteiger partial charge >= 0.3 is 0 Å². The highest BCUT2D eigenvalue weighted by Gasteiger charge is 2.22. The molecule has 1 heterocycles. The van der Waals surface area contributed by atoms with Gasteiger partial charge in [-0.2, -0.15) is 0 Å². The lowest BCUT2D eigenvalue weighted by molar-refractivity contribution is -0.129. The van der Waals surface area contributed by atoms with Crippen LogP contribution in [-0.4, -0.2) is 35.6 Å². The van der Waals surface area contributed by atoms with Crippen molar-refractivity contribution in [3.8, 4) is 0 Å². The van der Waals surface area contributed by atoms with Crippen molar-refractivity contribution in [2.24, 2.45) is 5.92 Å². The SMILES string of the molecule is CCNC(=O)CC(CSc1nc2ccccc2s1)C(=O)NCC. The Balaban J connectivity index is 2.01. The van der Waals surface area contributed by atoms with Gasteiger partial charge in [-0.15, -0.1) is 11.3 Å². The number of carbonyl (C=O) groups excluding carboxylic acids is 2. The van der Waals surface area contributed by atoms with E-state index >= 15 is 0 Å². The summed E-state index contributed by atoms with van der Waals surface area (Å²) in [7, 11) is 0. The molecular weight excluding hydrogens is 330 g/mol. The molecule has 0 bridgehead atoms. The second kappa shape index (κ2) is 8.88. The Labute approximate surface area is 144 Å². The predicted octanol–water partition coefficient (Wildman–Crippen LogP) is 2.67. The molecule has 2 N–H and O–H groups in total. The zero-order chi connectivity index (χ0) is 16.7. The van der Waals surface area contributed by atoms with Crippen LogP contribution in [0.2, 0.25) is 0 Å². The van der Waals surface area contributed by atoms with Crippen molar-refractivity contribution in [2.45, 2.75) is 24.6 Å². The highest BCUT2D eigenvalue weighted by Crippen LogP contribution is 2.30. The molecule has 124 valence electrons. The maximum atomic E-state index is 12.2. The molecule has 0 aliphatic heterocycles. The van der Waals surface area contributed by atoms with Gasteiger partial charge in [0.2, 0.25) is 11.8 Å². The van der Waals surface area contributed by atoms with Crippen LogP contribution in [0.1, 0.15) is 20.3 Å². The molecule has 0 saturated carbocycles. The number of rotatable bonds is 8. The van der Waals surface area contributed by atoms with Crippen LogP contribution in [0.3, 0.4) is 0 Å². The number of thioether (sulfide) groups is 1. The van der Waals surface area contributed by atoms with Crippen molar-refractivity contribution >= 4 is 45.1 Å². The van der Waals surface area contributed by atoms with E-state index in [0.717, 1.165) is 14.6 Å². The summed E-state index contributed by atoms with van der Waals surface area (Å²) in [5, 5.41) is 5.56. The van der Waals surface area contributed by atoms with Gasteiger partial charge in [0.25, 0.3) is 0 Å². The molecule has 2 rings (SSSR count). The first-order valence-corrected chi connectivity index (χ1v) is 9.47. The summed E-state index contributed by atoms with van der Waals surface area (Å²) in [6.45, 7) is 4.89. The number of para-hydroxylation sites is 1. The number of hydrogen-bond donors (Lipinski definition) is 2. The van der Waals surface area contributed by atoms with E-state index in [2.05, 4.69) is 15.6 Å². The number of nitrogens with zero attached hydrogens (tertiary/aromatic N) is 1. The molecule has 0 fully saturated rings. The molecule has 2 amide bonds. The van der Waals surface area contributed by atoms with E-state index in [4.69, 9.17) is 0 Å². The third-order valence-corrected chi connectivity index (χ3v) is 5.55. The Bertz CT molecular complexity index is 639. The van der Waals surface area contributed by atoms with Crippen LogP contribution in [0.25, 0.3) is 10.2 Å². The molecule has 7 heteroatoms. The lowest BCUT2D eigenvalue weighted by atomic mass is 10.1. The molecule has 1 unspecified atom stereocenters. The molecule has 0 radical (unpaired) electrons. The molecular formula is C16H21N3O2S2. The smallest absolute Gasteiger partial charge is 0.224 e. The topological polar surface area (TPSA) is 71.1 Å². The van der Waals surface area contributed by atoms with E-state index in [1.807, 2.05) is 38.1 Å². The number of hydrogen-bond acceptors (Lipinski definition) is 5. The van der Waals surface area contributed by atoms with Gasteiger partial charge in [-0.25, -0.2) is 4.98 Å². The average molecular weight is 351 g/mol. The molecule has 5 nitrogen and oxygen atoms in total. The summed E-state index contributed by atoms with van der Waals surface area (Å²) in [6.07, 6.45) is 0.206. The fourth-order valence-corrected chi connectivity index (χ4v) is 4.31. The summed E-state index contributed by atoms with van der Waals surface area (Å²) in [5.74, 6) is 0.0301. The predicted molar refractivity (Wildman–Crippen MR) is 95.8 cm³/mol. The van der Waals surface area contributed by atoms with Crippen LogP contribution in [0, 0.1) is 5.92 Å². The number of fused-ring (bicyclic) bond motifs is 1. The van der Waals surface area contributed by atoms with Gasteiger partial charge in [-0.05, 0) is 26.0 Å². The van der Waals surface area contributed by atoms with E-state index in [-0.39, 0.29) is 24.2 Å². The van der Waals surface area contributed by atoms with E-state index in [9.17, 15) is 9.59 Å². The lowest BCUT2D eigenvalue weighted by Crippen LogP contribution is -2.36. The van der Waals surface area contributed by atoms with Crippen LogP contribution in [0.4, 0.5) is 0 Å². The number of nitrogens with one attached hydrogen (secondary N) is 2. The minimum absolute atomic E-state index is 0.0765. The first kappa shape index (κ1) is 17.7. The Kier molecular flexibility index (Phi) is 6.85. The monoisotopic (exact) mass is 351 g/mol. The number of carbonyl (C=O) groups is 2. The fourth-order valence-electron chi connectivity index (χ4n) is 2.12.